The number of hydrogen-bond donors (Lipinski definition) is 3. The van der Waals surface area contributed by atoms with Crippen molar-refractivity contribution >= 4 is 17.9 Å². The number of anilines is 1. The molecular formula is C22H27N3O5. The maximum atomic E-state index is 12.3. The van der Waals surface area contributed by atoms with Gasteiger partial charge in [0.25, 0.3) is 0 Å². The number of ether oxygens (including phenoxy) is 1. The van der Waals surface area contributed by atoms with E-state index in [4.69, 9.17) is 4.74 Å². The van der Waals surface area contributed by atoms with Gasteiger partial charge in [-0.1, -0.05) is 30.3 Å². The molecule has 2 aromatic rings. The van der Waals surface area contributed by atoms with Crippen molar-refractivity contribution in [1.82, 2.24) is 9.88 Å². The van der Waals surface area contributed by atoms with E-state index < -0.39 is 29.4 Å². The molecule has 1 fully saturated rings. The van der Waals surface area contributed by atoms with Crippen LogP contribution >= 0.6 is 0 Å². The van der Waals surface area contributed by atoms with Crippen LogP contribution in [0.4, 0.5) is 15.3 Å². The Hall–Kier alpha value is -3.13. The highest BCUT2D eigenvalue weighted by atomic mass is 16.6. The lowest BCUT2D eigenvalue weighted by Gasteiger charge is -2.34. The van der Waals surface area contributed by atoms with Crippen molar-refractivity contribution in [3.63, 3.8) is 0 Å². The molecule has 0 radical (unpaired) electrons. The summed E-state index contributed by atoms with van der Waals surface area (Å²) in [5.74, 6) is 0. The number of carbonyl (C=O) groups excluding carboxylic acids is 1. The molecule has 1 saturated heterocycles. The summed E-state index contributed by atoms with van der Waals surface area (Å²) in [5, 5.41) is 24.0. The first-order valence-corrected chi connectivity index (χ1v) is 9.80. The number of nitrogens with one attached hydrogen (secondary N) is 1. The number of carboxylic acid groups (broad SMARTS) is 1. The van der Waals surface area contributed by atoms with Crippen LogP contribution in [0.2, 0.25) is 0 Å². The molecule has 0 saturated carbocycles. The van der Waals surface area contributed by atoms with E-state index in [0.29, 0.717) is 17.7 Å². The van der Waals surface area contributed by atoms with E-state index in [9.17, 15) is 19.8 Å². The predicted octanol–water partition coefficient (Wildman–Crippen LogP) is 3.61. The topological polar surface area (TPSA) is 112 Å². The third kappa shape index (κ3) is 4.71. The van der Waals surface area contributed by atoms with Crippen molar-refractivity contribution < 1.29 is 24.5 Å². The quantitative estimate of drug-likeness (QED) is 0.706. The van der Waals surface area contributed by atoms with Crippen LogP contribution in [-0.2, 0) is 16.8 Å². The fourth-order valence-electron chi connectivity index (χ4n) is 3.82. The normalized spacial score (nSPS) is 21.3. The second-order valence-corrected chi connectivity index (χ2v) is 8.40. The van der Waals surface area contributed by atoms with Gasteiger partial charge in [-0.3, -0.25) is 10.3 Å². The van der Waals surface area contributed by atoms with E-state index in [0.717, 1.165) is 5.56 Å². The minimum absolute atomic E-state index is 0.178. The summed E-state index contributed by atoms with van der Waals surface area (Å²) >= 11 is 0. The minimum atomic E-state index is -1.50. The molecule has 8 nitrogen and oxygen atoms in total. The van der Waals surface area contributed by atoms with Gasteiger partial charge in [0, 0.05) is 24.7 Å². The highest BCUT2D eigenvalue weighted by Gasteiger charge is 2.50. The van der Waals surface area contributed by atoms with E-state index >= 15 is 0 Å². The summed E-state index contributed by atoms with van der Waals surface area (Å²) in [7, 11) is 0. The predicted molar refractivity (Wildman–Crippen MR) is 111 cm³/mol. The van der Waals surface area contributed by atoms with Gasteiger partial charge in [-0.05, 0) is 38.8 Å². The molecule has 0 spiro atoms. The molecule has 160 valence electrons. The maximum absolute atomic E-state index is 12.3. The van der Waals surface area contributed by atoms with Gasteiger partial charge in [0.15, 0.2) is 0 Å². The summed E-state index contributed by atoms with van der Waals surface area (Å²) in [6, 6.07) is 10.3. The standard InChI is InChI=1S/C22H27N3O5/c1-21(2,3)30-19(26)24-17-14-23-11-9-16(17)22(29)10-12-25(20(27)28)18(22)13-15-7-5-4-6-8-15/h4-9,11,14,18,29H,10,12-13H2,1-3H3,(H,24,26)(H,27,28). The van der Waals surface area contributed by atoms with Crippen molar-refractivity contribution in [2.75, 3.05) is 11.9 Å². The third-order valence-electron chi connectivity index (χ3n) is 5.10. The van der Waals surface area contributed by atoms with E-state index in [1.54, 1.807) is 26.8 Å². The molecule has 3 rings (SSSR count). The summed E-state index contributed by atoms with van der Waals surface area (Å²) in [5.41, 5.74) is -0.578. The van der Waals surface area contributed by atoms with Gasteiger partial charge in [-0.15, -0.1) is 0 Å². The van der Waals surface area contributed by atoms with Gasteiger partial charge >= 0.3 is 12.2 Å². The summed E-state index contributed by atoms with van der Waals surface area (Å²) < 4.78 is 5.31. The van der Waals surface area contributed by atoms with Crippen molar-refractivity contribution in [2.24, 2.45) is 0 Å². The van der Waals surface area contributed by atoms with Crippen LogP contribution in [-0.4, -0.2) is 50.5 Å². The lowest BCUT2D eigenvalue weighted by Crippen LogP contribution is -2.46. The number of benzene rings is 1. The molecule has 0 aliphatic carbocycles. The SMILES string of the molecule is CC(C)(C)OC(=O)Nc1cnccc1C1(O)CCN(C(=O)O)C1Cc1ccccc1. The first kappa shape index (κ1) is 21.6. The Kier molecular flexibility index (Phi) is 5.98. The Bertz CT molecular complexity index is 912. The van der Waals surface area contributed by atoms with Crippen LogP contribution in [0.5, 0.6) is 0 Å². The van der Waals surface area contributed by atoms with Gasteiger partial charge in [-0.25, -0.2) is 9.59 Å². The third-order valence-corrected chi connectivity index (χ3v) is 5.10. The number of aliphatic hydroxyl groups is 1. The molecule has 2 unspecified atom stereocenters. The Labute approximate surface area is 175 Å². The van der Waals surface area contributed by atoms with Crippen LogP contribution in [0, 0.1) is 0 Å². The van der Waals surface area contributed by atoms with Crippen LogP contribution in [0.1, 0.15) is 38.3 Å². The lowest BCUT2D eigenvalue weighted by atomic mass is 9.83. The molecule has 30 heavy (non-hydrogen) atoms. The van der Waals surface area contributed by atoms with Gasteiger partial charge in [0.1, 0.15) is 11.2 Å². The van der Waals surface area contributed by atoms with Gasteiger partial charge in [0.05, 0.1) is 17.9 Å². The Morgan fingerprint density at radius 1 is 1.27 bits per heavy atom. The number of amides is 2. The van der Waals surface area contributed by atoms with Crippen LogP contribution in [0.25, 0.3) is 0 Å². The molecule has 2 atom stereocenters. The molecule has 0 bridgehead atoms. The lowest BCUT2D eigenvalue weighted by molar-refractivity contribution is 0.00179. The number of carbonyl (C=O) groups is 2. The number of likely N-dealkylation sites (tertiary alicyclic amines) is 1. The molecule has 3 N–H and O–H groups in total. The van der Waals surface area contributed by atoms with Crippen molar-refractivity contribution in [3.05, 3.63) is 59.9 Å². The summed E-state index contributed by atoms with van der Waals surface area (Å²) in [6.45, 7) is 5.43. The molecule has 1 aromatic heterocycles. The molecule has 2 amide bonds. The molecule has 2 heterocycles. The van der Waals surface area contributed by atoms with Crippen LogP contribution in [0.15, 0.2) is 48.8 Å². The van der Waals surface area contributed by atoms with Gasteiger partial charge in [0.2, 0.25) is 0 Å². The number of rotatable bonds is 4. The van der Waals surface area contributed by atoms with E-state index in [1.807, 2.05) is 30.3 Å². The van der Waals surface area contributed by atoms with Crippen molar-refractivity contribution in [2.45, 2.75) is 50.9 Å². The fourth-order valence-corrected chi connectivity index (χ4v) is 3.82. The maximum Gasteiger partial charge on any atom is 0.412 e. The van der Waals surface area contributed by atoms with Gasteiger partial charge in [-0.2, -0.15) is 0 Å². The number of hydrogen-bond acceptors (Lipinski definition) is 5. The van der Waals surface area contributed by atoms with E-state index in [1.165, 1.54) is 17.3 Å². The number of aromatic nitrogens is 1. The number of pyridine rings is 1. The average Bonchev–Trinajstić information content (AvgIpc) is 2.99. The zero-order chi connectivity index (χ0) is 21.9. The smallest absolute Gasteiger partial charge is 0.412 e. The highest BCUT2D eigenvalue weighted by Crippen LogP contribution is 2.42. The molecule has 8 heteroatoms. The zero-order valence-electron chi connectivity index (χ0n) is 17.3. The van der Waals surface area contributed by atoms with Crippen LogP contribution < -0.4 is 5.32 Å². The van der Waals surface area contributed by atoms with Crippen molar-refractivity contribution in [1.29, 1.82) is 0 Å². The monoisotopic (exact) mass is 413 g/mol. The Morgan fingerprint density at radius 3 is 2.60 bits per heavy atom. The second kappa shape index (κ2) is 8.31. The van der Waals surface area contributed by atoms with Crippen LogP contribution in [0.3, 0.4) is 0 Å². The highest BCUT2D eigenvalue weighted by molar-refractivity contribution is 5.86. The molecular weight excluding hydrogens is 386 g/mol. The zero-order valence-corrected chi connectivity index (χ0v) is 17.3. The molecule has 1 aromatic carbocycles. The largest absolute Gasteiger partial charge is 0.465 e. The summed E-state index contributed by atoms with van der Waals surface area (Å²) in [4.78, 5) is 29.5. The van der Waals surface area contributed by atoms with E-state index in [-0.39, 0.29) is 13.0 Å². The second-order valence-electron chi connectivity index (χ2n) is 8.40. The summed E-state index contributed by atoms with van der Waals surface area (Å²) in [6.07, 6.45) is 1.70. The Balaban J connectivity index is 1.96. The fraction of sp³-hybridized carbons (Fsp3) is 0.409. The molecule has 1 aliphatic heterocycles. The van der Waals surface area contributed by atoms with E-state index in [2.05, 4.69) is 10.3 Å². The first-order valence-electron chi connectivity index (χ1n) is 9.80. The van der Waals surface area contributed by atoms with Crippen molar-refractivity contribution in [3.8, 4) is 0 Å². The first-order chi connectivity index (χ1) is 14.1. The Morgan fingerprint density at radius 2 is 1.97 bits per heavy atom. The van der Waals surface area contributed by atoms with Gasteiger partial charge < -0.3 is 19.8 Å². The average molecular weight is 413 g/mol. The minimum Gasteiger partial charge on any atom is -0.465 e. The number of nitrogens with zero attached hydrogens (tertiary/aromatic N) is 2. The molecule has 1 aliphatic rings.